The van der Waals surface area contributed by atoms with E-state index in [0.717, 1.165) is 11.5 Å². The summed E-state index contributed by atoms with van der Waals surface area (Å²) < 4.78 is 0. The molecule has 26 heavy (non-hydrogen) atoms. The van der Waals surface area contributed by atoms with Crippen LogP contribution < -0.4 is 0 Å². The number of unbranched alkanes of at least 4 members (excludes halogenated alkanes) is 18. The normalized spacial score (nSPS) is 10.6. The first-order valence-electron chi connectivity index (χ1n) is 12.0. The minimum atomic E-state index is 1.07. The summed E-state index contributed by atoms with van der Waals surface area (Å²) in [6.07, 6.45) is 28.4. The molecule has 0 aromatic carbocycles. The van der Waals surface area contributed by atoms with Crippen LogP contribution in [0.3, 0.4) is 0 Å². The highest BCUT2D eigenvalue weighted by Crippen LogP contribution is 2.11. The van der Waals surface area contributed by atoms with Gasteiger partial charge in [0.1, 0.15) is 0 Å². The third kappa shape index (κ3) is 32.4. The van der Waals surface area contributed by atoms with Crippen molar-refractivity contribution in [2.24, 2.45) is 0 Å². The fourth-order valence-electron chi connectivity index (χ4n) is 3.20. The molecule has 0 saturated heterocycles. The van der Waals surface area contributed by atoms with E-state index in [1.54, 1.807) is 0 Å². The van der Waals surface area contributed by atoms with Gasteiger partial charge in [0.2, 0.25) is 0 Å². The van der Waals surface area contributed by atoms with E-state index in [1.165, 1.54) is 128 Å². The highest BCUT2D eigenvalue weighted by atomic mass is 32.1. The Labute approximate surface area is 178 Å². The molecule has 0 fully saturated rings. The van der Waals surface area contributed by atoms with E-state index < -0.39 is 0 Å². The Bertz CT molecular complexity index is 184. The Kier molecular flexibility index (Phi) is 33.8. The molecule has 0 spiro atoms. The molecular formula is C24H52S2. The molecule has 0 atom stereocenters. The molecule has 0 aromatic rings. The average molecular weight is 405 g/mol. The Morgan fingerprint density at radius 2 is 0.500 bits per heavy atom. The Morgan fingerprint density at radius 3 is 0.692 bits per heavy atom. The second kappa shape index (κ2) is 30.4. The van der Waals surface area contributed by atoms with Crippen molar-refractivity contribution >= 4 is 25.3 Å². The fourth-order valence-corrected chi connectivity index (χ4v) is 3.65. The van der Waals surface area contributed by atoms with Crippen molar-refractivity contribution in [2.45, 2.75) is 142 Å². The lowest BCUT2D eigenvalue weighted by Crippen LogP contribution is -1.82. The van der Waals surface area contributed by atoms with Crippen molar-refractivity contribution in [1.82, 2.24) is 0 Å². The minimum absolute atomic E-state index is 1.07. The maximum Gasteiger partial charge on any atom is -0.00979 e. The molecule has 0 aliphatic heterocycles. The van der Waals surface area contributed by atoms with Crippen molar-refractivity contribution in [1.29, 1.82) is 0 Å². The number of hydrogen-bond acceptors (Lipinski definition) is 2. The van der Waals surface area contributed by atoms with Crippen LogP contribution in [-0.4, -0.2) is 11.5 Å². The van der Waals surface area contributed by atoms with Gasteiger partial charge in [-0.15, -0.1) is 0 Å². The van der Waals surface area contributed by atoms with E-state index in [4.69, 9.17) is 0 Å². The lowest BCUT2D eigenvalue weighted by molar-refractivity contribution is 0.555. The van der Waals surface area contributed by atoms with E-state index in [1.807, 2.05) is 0 Å². The zero-order valence-corrected chi connectivity index (χ0v) is 20.2. The van der Waals surface area contributed by atoms with Crippen LogP contribution in [0.5, 0.6) is 0 Å². The summed E-state index contributed by atoms with van der Waals surface area (Å²) in [6.45, 7) is 4.55. The van der Waals surface area contributed by atoms with Gasteiger partial charge in [0.15, 0.2) is 0 Å². The van der Waals surface area contributed by atoms with E-state index in [9.17, 15) is 0 Å². The number of hydrogen-bond donors (Lipinski definition) is 2. The second-order valence-corrected chi connectivity index (χ2v) is 8.71. The Balaban J connectivity index is 0. The summed E-state index contributed by atoms with van der Waals surface area (Å²) in [6, 6.07) is 0. The minimum Gasteiger partial charge on any atom is -0.179 e. The van der Waals surface area contributed by atoms with Gasteiger partial charge in [-0.1, -0.05) is 129 Å². The van der Waals surface area contributed by atoms with Crippen molar-refractivity contribution in [3.05, 3.63) is 0 Å². The van der Waals surface area contributed by atoms with Crippen molar-refractivity contribution in [3.63, 3.8) is 0 Å². The molecular weight excluding hydrogens is 352 g/mol. The van der Waals surface area contributed by atoms with Crippen LogP contribution in [0.4, 0.5) is 0 Å². The molecule has 0 aliphatic rings. The van der Waals surface area contributed by atoms with Gasteiger partial charge in [0.25, 0.3) is 0 Å². The zero-order chi connectivity index (χ0) is 19.6. The molecule has 0 bridgehead atoms. The summed E-state index contributed by atoms with van der Waals surface area (Å²) in [5, 5.41) is 0. The van der Waals surface area contributed by atoms with Crippen LogP contribution in [-0.2, 0) is 0 Å². The predicted molar refractivity (Wildman–Crippen MR) is 131 cm³/mol. The predicted octanol–water partition coefficient (Wildman–Crippen LogP) is 9.67. The quantitative estimate of drug-likeness (QED) is 0.146. The van der Waals surface area contributed by atoms with Gasteiger partial charge in [-0.05, 0) is 24.3 Å². The molecule has 160 valence electrons. The molecule has 0 saturated carbocycles. The molecule has 0 rings (SSSR count). The SMILES string of the molecule is CCCCCCCCCCCCCS.CCCCCCCCCCCS. The molecule has 0 aliphatic carbocycles. The summed E-state index contributed by atoms with van der Waals surface area (Å²) in [5.41, 5.74) is 0. The molecule has 0 amide bonds. The van der Waals surface area contributed by atoms with Gasteiger partial charge in [0, 0.05) is 0 Å². The van der Waals surface area contributed by atoms with E-state index in [0.29, 0.717) is 0 Å². The summed E-state index contributed by atoms with van der Waals surface area (Å²) in [7, 11) is 0. The molecule has 0 radical (unpaired) electrons. The molecule has 0 nitrogen and oxygen atoms in total. The average Bonchev–Trinajstić information content (AvgIpc) is 2.66. The summed E-state index contributed by atoms with van der Waals surface area (Å²) in [5.74, 6) is 2.13. The smallest absolute Gasteiger partial charge is 0.00979 e. The van der Waals surface area contributed by atoms with Crippen molar-refractivity contribution in [3.8, 4) is 0 Å². The first kappa shape index (κ1) is 28.9. The van der Waals surface area contributed by atoms with E-state index >= 15 is 0 Å². The standard InChI is InChI=1S/C13H28S.C11H24S/c1-2-3-4-5-6-7-8-9-10-11-12-13-14;1-2-3-4-5-6-7-8-9-10-11-12/h14H,2-13H2,1H3;12H,2-11H2,1H3. The number of rotatable bonds is 20. The Hall–Kier alpha value is 0.700. The highest BCUT2D eigenvalue weighted by molar-refractivity contribution is 7.80. The molecule has 2 heteroatoms. The third-order valence-corrected chi connectivity index (χ3v) is 5.66. The first-order chi connectivity index (χ1) is 12.8. The molecule has 0 heterocycles. The largest absolute Gasteiger partial charge is 0.179 e. The molecule has 0 aromatic heterocycles. The van der Waals surface area contributed by atoms with Crippen LogP contribution in [0.25, 0.3) is 0 Å². The van der Waals surface area contributed by atoms with Gasteiger partial charge in [-0.2, -0.15) is 25.3 Å². The number of thiol groups is 2. The monoisotopic (exact) mass is 404 g/mol. The lowest BCUT2D eigenvalue weighted by atomic mass is 10.1. The van der Waals surface area contributed by atoms with Gasteiger partial charge < -0.3 is 0 Å². The van der Waals surface area contributed by atoms with Crippen molar-refractivity contribution in [2.75, 3.05) is 11.5 Å². The first-order valence-corrected chi connectivity index (χ1v) is 13.3. The summed E-state index contributed by atoms with van der Waals surface area (Å²) >= 11 is 8.40. The van der Waals surface area contributed by atoms with E-state index in [-0.39, 0.29) is 0 Å². The van der Waals surface area contributed by atoms with E-state index in [2.05, 4.69) is 39.1 Å². The van der Waals surface area contributed by atoms with Crippen molar-refractivity contribution < 1.29 is 0 Å². The van der Waals surface area contributed by atoms with Gasteiger partial charge >= 0.3 is 0 Å². The van der Waals surface area contributed by atoms with Gasteiger partial charge in [-0.3, -0.25) is 0 Å². The highest BCUT2D eigenvalue weighted by Gasteiger charge is 1.92. The van der Waals surface area contributed by atoms with Gasteiger partial charge in [0.05, 0.1) is 0 Å². The van der Waals surface area contributed by atoms with Crippen LogP contribution in [0.15, 0.2) is 0 Å². The second-order valence-electron chi connectivity index (χ2n) is 7.81. The zero-order valence-electron chi connectivity index (χ0n) is 18.5. The fraction of sp³-hybridized carbons (Fsp3) is 1.00. The van der Waals surface area contributed by atoms with Crippen LogP contribution >= 0.6 is 25.3 Å². The third-order valence-electron chi connectivity index (χ3n) is 5.02. The van der Waals surface area contributed by atoms with Crippen LogP contribution in [0.2, 0.25) is 0 Å². The molecule has 0 N–H and O–H groups in total. The maximum absolute atomic E-state index is 4.21. The van der Waals surface area contributed by atoms with Crippen LogP contribution in [0.1, 0.15) is 142 Å². The maximum atomic E-state index is 4.21. The Morgan fingerprint density at radius 1 is 0.308 bits per heavy atom. The summed E-state index contributed by atoms with van der Waals surface area (Å²) in [4.78, 5) is 0. The topological polar surface area (TPSA) is 0 Å². The lowest BCUT2D eigenvalue weighted by Gasteiger charge is -2.01. The van der Waals surface area contributed by atoms with Gasteiger partial charge in [-0.25, -0.2) is 0 Å². The molecule has 0 unspecified atom stereocenters. The van der Waals surface area contributed by atoms with Crippen LogP contribution in [0, 0.1) is 0 Å².